The molecule has 0 aliphatic carbocycles. The van der Waals surface area contributed by atoms with Crippen molar-refractivity contribution in [3.05, 3.63) is 59.2 Å². The lowest BCUT2D eigenvalue weighted by Crippen LogP contribution is -2.36. The molecular formula is C17H20FN3O2. The Balaban J connectivity index is 1.92. The maximum absolute atomic E-state index is 13.4. The number of hydrogen-bond donors (Lipinski definition) is 2. The zero-order valence-corrected chi connectivity index (χ0v) is 13.4. The third-order valence-electron chi connectivity index (χ3n) is 3.40. The summed E-state index contributed by atoms with van der Waals surface area (Å²) in [5.74, 6) is -0.279. The molecule has 2 rings (SSSR count). The van der Waals surface area contributed by atoms with E-state index in [1.807, 2.05) is 32.0 Å². The van der Waals surface area contributed by atoms with Gasteiger partial charge in [0.05, 0.1) is 25.4 Å². The van der Waals surface area contributed by atoms with Gasteiger partial charge in [-0.15, -0.1) is 0 Å². The maximum Gasteiger partial charge on any atom is 0.315 e. The minimum Gasteiger partial charge on any atom is -0.494 e. The van der Waals surface area contributed by atoms with Gasteiger partial charge in [0.2, 0.25) is 0 Å². The summed E-state index contributed by atoms with van der Waals surface area (Å²) in [7, 11) is 1.40. The van der Waals surface area contributed by atoms with Crippen LogP contribution in [0.1, 0.15) is 29.9 Å². The van der Waals surface area contributed by atoms with Gasteiger partial charge in [-0.05, 0) is 43.7 Å². The van der Waals surface area contributed by atoms with E-state index >= 15 is 0 Å². The molecule has 0 aliphatic heterocycles. The fraction of sp³-hybridized carbons (Fsp3) is 0.294. The predicted molar refractivity (Wildman–Crippen MR) is 85.7 cm³/mol. The second kappa shape index (κ2) is 7.58. The fourth-order valence-electron chi connectivity index (χ4n) is 2.15. The predicted octanol–water partition coefficient (Wildman–Crippen LogP) is 3.10. The number of carbonyl (C=O) groups is 1. The average Bonchev–Trinajstić information content (AvgIpc) is 2.53. The van der Waals surface area contributed by atoms with Crippen LogP contribution in [-0.4, -0.2) is 18.1 Å². The number of halogens is 1. The van der Waals surface area contributed by atoms with Crippen LogP contribution in [-0.2, 0) is 6.54 Å². The van der Waals surface area contributed by atoms with E-state index in [1.165, 1.54) is 13.2 Å². The first kappa shape index (κ1) is 16.7. The Labute approximate surface area is 134 Å². The highest BCUT2D eigenvalue weighted by molar-refractivity contribution is 5.74. The lowest BCUT2D eigenvalue weighted by molar-refractivity contribution is 0.237. The van der Waals surface area contributed by atoms with Crippen molar-refractivity contribution in [2.45, 2.75) is 26.4 Å². The minimum absolute atomic E-state index is 0.153. The van der Waals surface area contributed by atoms with Crippen LogP contribution >= 0.6 is 0 Å². The van der Waals surface area contributed by atoms with E-state index in [9.17, 15) is 9.18 Å². The van der Waals surface area contributed by atoms with Crippen LogP contribution < -0.4 is 15.4 Å². The van der Waals surface area contributed by atoms with Gasteiger partial charge in [0.1, 0.15) is 0 Å². The number of methoxy groups -OCH3 is 1. The van der Waals surface area contributed by atoms with Gasteiger partial charge in [-0.2, -0.15) is 0 Å². The zero-order valence-electron chi connectivity index (χ0n) is 13.4. The van der Waals surface area contributed by atoms with Gasteiger partial charge >= 0.3 is 6.03 Å². The summed E-state index contributed by atoms with van der Waals surface area (Å²) < 4.78 is 18.4. The summed E-state index contributed by atoms with van der Waals surface area (Å²) in [5, 5.41) is 5.54. The Hall–Kier alpha value is -2.63. The number of nitrogens with zero attached hydrogens (tertiary/aromatic N) is 1. The van der Waals surface area contributed by atoms with Gasteiger partial charge in [-0.25, -0.2) is 9.18 Å². The number of nitrogens with one attached hydrogen (secondary N) is 2. The summed E-state index contributed by atoms with van der Waals surface area (Å²) in [4.78, 5) is 16.3. The minimum atomic E-state index is -0.432. The van der Waals surface area contributed by atoms with Crippen molar-refractivity contribution in [1.29, 1.82) is 0 Å². The van der Waals surface area contributed by atoms with E-state index in [4.69, 9.17) is 4.74 Å². The van der Waals surface area contributed by atoms with Crippen molar-refractivity contribution >= 4 is 6.03 Å². The van der Waals surface area contributed by atoms with E-state index in [-0.39, 0.29) is 17.8 Å². The number of urea groups is 1. The molecule has 122 valence electrons. The molecule has 2 amide bonds. The number of pyridine rings is 1. The van der Waals surface area contributed by atoms with Crippen LogP contribution in [0.2, 0.25) is 0 Å². The molecule has 2 N–H and O–H groups in total. The van der Waals surface area contributed by atoms with Crippen LogP contribution in [0.3, 0.4) is 0 Å². The summed E-state index contributed by atoms with van der Waals surface area (Å²) >= 11 is 0. The molecule has 23 heavy (non-hydrogen) atoms. The number of carbonyl (C=O) groups excluding carboxylic acids is 1. The third kappa shape index (κ3) is 4.67. The van der Waals surface area contributed by atoms with Gasteiger partial charge in [0.15, 0.2) is 11.6 Å². The highest BCUT2D eigenvalue weighted by Gasteiger charge is 2.12. The molecule has 1 aromatic heterocycles. The summed E-state index contributed by atoms with van der Waals surface area (Å²) in [5.41, 5.74) is 2.44. The lowest BCUT2D eigenvalue weighted by Gasteiger charge is -2.16. The van der Waals surface area contributed by atoms with Crippen molar-refractivity contribution < 1.29 is 13.9 Å². The first-order valence-electron chi connectivity index (χ1n) is 7.30. The first-order valence-corrected chi connectivity index (χ1v) is 7.30. The third-order valence-corrected chi connectivity index (χ3v) is 3.40. The molecule has 0 radical (unpaired) electrons. The molecule has 1 heterocycles. The quantitative estimate of drug-likeness (QED) is 0.890. The van der Waals surface area contributed by atoms with E-state index in [2.05, 4.69) is 15.6 Å². The highest BCUT2D eigenvalue weighted by Crippen LogP contribution is 2.22. The summed E-state index contributed by atoms with van der Waals surface area (Å²) in [6.45, 7) is 4.05. The Morgan fingerprint density at radius 3 is 2.83 bits per heavy atom. The van der Waals surface area contributed by atoms with E-state index in [1.54, 1.807) is 12.1 Å². The summed E-state index contributed by atoms with van der Waals surface area (Å²) in [6, 6.07) is 9.55. The van der Waals surface area contributed by atoms with Gasteiger partial charge in [-0.3, -0.25) is 4.98 Å². The van der Waals surface area contributed by atoms with Crippen LogP contribution in [0, 0.1) is 12.7 Å². The lowest BCUT2D eigenvalue weighted by atomic mass is 10.1. The zero-order chi connectivity index (χ0) is 16.8. The van der Waals surface area contributed by atoms with Crippen LogP contribution in [0.4, 0.5) is 9.18 Å². The number of ether oxygens (including phenoxy) is 1. The molecule has 0 aliphatic rings. The largest absolute Gasteiger partial charge is 0.494 e. The molecule has 0 fully saturated rings. The summed E-state index contributed by atoms with van der Waals surface area (Å²) in [6.07, 6.45) is 0. The SMILES string of the molecule is COc1cc([C@@H](C)NC(=O)NCc2cccc(C)n2)ccc1F. The molecule has 2 aromatic rings. The van der Waals surface area contributed by atoms with Crippen LogP contribution in [0.15, 0.2) is 36.4 Å². The number of aromatic nitrogens is 1. The Morgan fingerprint density at radius 2 is 2.13 bits per heavy atom. The van der Waals surface area contributed by atoms with E-state index in [0.717, 1.165) is 17.0 Å². The highest BCUT2D eigenvalue weighted by atomic mass is 19.1. The van der Waals surface area contributed by atoms with Crippen molar-refractivity contribution in [3.8, 4) is 5.75 Å². The second-order valence-electron chi connectivity index (χ2n) is 5.21. The monoisotopic (exact) mass is 317 g/mol. The molecule has 6 heteroatoms. The van der Waals surface area contributed by atoms with Gasteiger partial charge in [-0.1, -0.05) is 12.1 Å². The van der Waals surface area contributed by atoms with Gasteiger partial charge in [0.25, 0.3) is 0 Å². The molecular weight excluding hydrogens is 297 g/mol. The Bertz CT molecular complexity index is 691. The standard InChI is InChI=1S/C17H20FN3O2/c1-11-5-4-6-14(20-11)10-19-17(22)21-12(2)13-7-8-15(18)16(9-13)23-3/h4-9,12H,10H2,1-3H3,(H2,19,21,22)/t12-/m1/s1. The second-order valence-corrected chi connectivity index (χ2v) is 5.21. The Kier molecular flexibility index (Phi) is 5.51. The van der Waals surface area contributed by atoms with Crippen molar-refractivity contribution in [2.75, 3.05) is 7.11 Å². The van der Waals surface area contributed by atoms with Crippen molar-refractivity contribution in [3.63, 3.8) is 0 Å². The number of rotatable bonds is 5. The Morgan fingerprint density at radius 1 is 1.35 bits per heavy atom. The fourth-order valence-corrected chi connectivity index (χ4v) is 2.15. The average molecular weight is 317 g/mol. The smallest absolute Gasteiger partial charge is 0.315 e. The number of amides is 2. The van der Waals surface area contributed by atoms with Gasteiger partial charge < -0.3 is 15.4 Å². The molecule has 5 nitrogen and oxygen atoms in total. The topological polar surface area (TPSA) is 63.2 Å². The van der Waals surface area contributed by atoms with Gasteiger partial charge in [0, 0.05) is 5.69 Å². The molecule has 0 saturated carbocycles. The van der Waals surface area contributed by atoms with Crippen molar-refractivity contribution in [2.24, 2.45) is 0 Å². The molecule has 0 bridgehead atoms. The maximum atomic E-state index is 13.4. The van der Waals surface area contributed by atoms with Crippen molar-refractivity contribution in [1.82, 2.24) is 15.6 Å². The molecule has 0 unspecified atom stereocenters. The number of hydrogen-bond acceptors (Lipinski definition) is 3. The van der Waals surface area contributed by atoms with Crippen LogP contribution in [0.25, 0.3) is 0 Å². The normalized spacial score (nSPS) is 11.7. The molecule has 0 saturated heterocycles. The van der Waals surface area contributed by atoms with E-state index < -0.39 is 5.82 Å². The van der Waals surface area contributed by atoms with E-state index in [0.29, 0.717) is 6.54 Å². The molecule has 1 atom stereocenters. The molecule has 1 aromatic carbocycles. The number of benzene rings is 1. The first-order chi connectivity index (χ1) is 11.0. The van der Waals surface area contributed by atoms with Crippen LogP contribution in [0.5, 0.6) is 5.75 Å². The number of aryl methyl sites for hydroxylation is 1. The molecule has 0 spiro atoms.